The van der Waals surface area contributed by atoms with Gasteiger partial charge in [0.25, 0.3) is 0 Å². The summed E-state index contributed by atoms with van der Waals surface area (Å²) in [6.45, 7) is 1.85. The van der Waals surface area contributed by atoms with Crippen molar-refractivity contribution in [2.45, 2.75) is 6.92 Å². The third-order valence-corrected chi connectivity index (χ3v) is 1.06. The molecule has 0 rings (SSSR count). The molecule has 1 nitrogen and oxygen atoms in total. The largest absolute Gasteiger partial charge is 0.631 e. The number of rotatable bonds is 1. The van der Waals surface area contributed by atoms with Crippen LogP contribution >= 0.6 is 7.77 Å². The van der Waals surface area contributed by atoms with Crippen molar-refractivity contribution in [3.8, 4) is 0 Å². The first-order valence-corrected chi connectivity index (χ1v) is 3.15. The van der Waals surface area contributed by atoms with Crippen molar-refractivity contribution in [2.75, 3.05) is 6.16 Å². The first-order chi connectivity index (χ1) is 2.27. The second-order valence-electron chi connectivity index (χ2n) is 0.798. The second-order valence-corrected chi connectivity index (χ2v) is 2.39. The summed E-state index contributed by atoms with van der Waals surface area (Å²) in [4.78, 5) is 9.85. The molecule has 0 aliphatic carbocycles. The molecule has 0 heterocycles. The van der Waals surface area contributed by atoms with Crippen LogP contribution in [0.4, 0.5) is 0 Å². The fraction of sp³-hybridized carbons (Fsp3) is 0.667. The van der Waals surface area contributed by atoms with Crippen LogP contribution in [-0.2, 0) is 0 Å². The van der Waals surface area contributed by atoms with Gasteiger partial charge in [-0.05, 0) is 6.92 Å². The minimum absolute atomic E-state index is 0.704. The molecule has 0 N–H and O–H groups in total. The summed E-state index contributed by atoms with van der Waals surface area (Å²) in [5, 5.41) is 0. The topological polar surface area (TPSA) is 23.1 Å². The van der Waals surface area contributed by atoms with Gasteiger partial charge in [-0.2, -0.15) is 0 Å². The van der Waals surface area contributed by atoms with Gasteiger partial charge in [-0.25, -0.2) is 0 Å². The molecule has 0 bridgehead atoms. The molecule has 0 radical (unpaired) electrons. The maximum Gasteiger partial charge on any atom is 0.0991 e. The van der Waals surface area contributed by atoms with Crippen LogP contribution < -0.4 is 4.89 Å². The Bertz CT molecular complexity index is 42.2. The number of hydrogen-bond acceptors (Lipinski definition) is 1. The van der Waals surface area contributed by atoms with E-state index in [-0.39, 0.29) is 0 Å². The molecule has 5 heavy (non-hydrogen) atoms. The highest BCUT2D eigenvalue weighted by Crippen LogP contribution is 2.00. The quantitative estimate of drug-likeness (QED) is 0.421. The van der Waals surface area contributed by atoms with E-state index in [4.69, 9.17) is 0 Å². The van der Waals surface area contributed by atoms with E-state index in [2.05, 4.69) is 6.30 Å². The van der Waals surface area contributed by atoms with Gasteiger partial charge in [0.15, 0.2) is 0 Å². The SMILES string of the molecule is C=[P+]([O-])CC. The molecule has 1 atom stereocenters. The van der Waals surface area contributed by atoms with Crippen molar-refractivity contribution in [1.29, 1.82) is 0 Å². The zero-order valence-corrected chi connectivity index (χ0v) is 4.16. The van der Waals surface area contributed by atoms with Crippen LogP contribution in [0.5, 0.6) is 0 Å². The smallest absolute Gasteiger partial charge is 0.0991 e. The Kier molecular flexibility index (Phi) is 2.43. The van der Waals surface area contributed by atoms with E-state index in [9.17, 15) is 4.89 Å². The van der Waals surface area contributed by atoms with Gasteiger partial charge in [0.2, 0.25) is 0 Å². The summed E-state index contributed by atoms with van der Waals surface area (Å²) >= 11 is 0. The molecule has 1 unspecified atom stereocenters. The summed E-state index contributed by atoms with van der Waals surface area (Å²) < 4.78 is 0. The lowest BCUT2D eigenvalue weighted by atomic mass is 11.0. The van der Waals surface area contributed by atoms with E-state index in [0.717, 1.165) is 0 Å². The second kappa shape index (κ2) is 2.37. The lowest BCUT2D eigenvalue weighted by Gasteiger charge is -1.81. The summed E-state index contributed by atoms with van der Waals surface area (Å²) in [6.07, 6.45) is 3.97. The van der Waals surface area contributed by atoms with Gasteiger partial charge >= 0.3 is 0 Å². The van der Waals surface area contributed by atoms with Gasteiger partial charge in [-0.3, -0.25) is 0 Å². The molecule has 30 valence electrons. The molecule has 0 saturated heterocycles. The zero-order chi connectivity index (χ0) is 4.28. The van der Waals surface area contributed by atoms with E-state index in [0.29, 0.717) is 6.16 Å². The number of hydrogen-bond donors (Lipinski definition) is 0. The minimum atomic E-state index is -1.10. The maximum atomic E-state index is 9.85. The molecule has 0 aliphatic heterocycles. The van der Waals surface area contributed by atoms with Crippen LogP contribution in [0, 0.1) is 0 Å². The molecule has 0 spiro atoms. The Morgan fingerprint density at radius 1 is 2.00 bits per heavy atom. The van der Waals surface area contributed by atoms with Gasteiger partial charge in [0.1, 0.15) is 0 Å². The third-order valence-electron chi connectivity index (χ3n) is 0.353. The first kappa shape index (κ1) is 5.13. The van der Waals surface area contributed by atoms with E-state index in [1.165, 1.54) is 0 Å². The van der Waals surface area contributed by atoms with Crippen LogP contribution in [0.2, 0.25) is 0 Å². The van der Waals surface area contributed by atoms with Gasteiger partial charge < -0.3 is 4.89 Å². The highest BCUT2D eigenvalue weighted by molar-refractivity contribution is 7.48. The first-order valence-electron chi connectivity index (χ1n) is 1.52. The van der Waals surface area contributed by atoms with Crippen molar-refractivity contribution >= 4 is 14.1 Å². The molecule has 2 heteroatoms. The molecule has 0 aromatic rings. The van der Waals surface area contributed by atoms with E-state index in [1.54, 1.807) is 0 Å². The Morgan fingerprint density at radius 3 is 2.20 bits per heavy atom. The van der Waals surface area contributed by atoms with Crippen LogP contribution in [0.1, 0.15) is 6.92 Å². The Labute approximate surface area is 33.1 Å². The highest BCUT2D eigenvalue weighted by Gasteiger charge is 1.72. The Hall–Kier alpha value is 0.130. The summed E-state index contributed by atoms with van der Waals surface area (Å²) in [6, 6.07) is 0. The van der Waals surface area contributed by atoms with Crippen molar-refractivity contribution in [3.05, 3.63) is 0 Å². The molecular weight excluding hydrogens is 83.0 g/mol. The van der Waals surface area contributed by atoms with Crippen molar-refractivity contribution < 1.29 is 4.89 Å². The predicted molar refractivity (Wildman–Crippen MR) is 24.6 cm³/mol. The van der Waals surface area contributed by atoms with Crippen LogP contribution in [-0.4, -0.2) is 12.5 Å². The molecule has 0 aromatic carbocycles. The van der Waals surface area contributed by atoms with Crippen LogP contribution in [0.25, 0.3) is 0 Å². The maximum absolute atomic E-state index is 9.85. The average Bonchev–Trinajstić information content (AvgIpc) is 1.38. The molecule has 0 fully saturated rings. The van der Waals surface area contributed by atoms with E-state index in [1.807, 2.05) is 6.92 Å². The summed E-state index contributed by atoms with van der Waals surface area (Å²) in [5.74, 6) is 0. The fourth-order valence-electron chi connectivity index (χ4n) is 0. The highest BCUT2D eigenvalue weighted by atomic mass is 31.1. The lowest BCUT2D eigenvalue weighted by molar-refractivity contribution is -0.152. The standard InChI is InChI=1S/C3H7OP/c1-3-5(2)4/h2-3H2,1H3. The van der Waals surface area contributed by atoms with Crippen LogP contribution in [0.15, 0.2) is 0 Å². The Morgan fingerprint density at radius 2 is 2.20 bits per heavy atom. The van der Waals surface area contributed by atoms with Gasteiger partial charge in [0.05, 0.1) is 12.5 Å². The predicted octanol–water partition coefficient (Wildman–Crippen LogP) is 0.195. The van der Waals surface area contributed by atoms with Crippen molar-refractivity contribution in [1.82, 2.24) is 0 Å². The zero-order valence-electron chi connectivity index (χ0n) is 3.27. The molecule has 0 aromatic heterocycles. The average molecular weight is 90.1 g/mol. The van der Waals surface area contributed by atoms with Gasteiger partial charge in [-0.15, -0.1) is 0 Å². The van der Waals surface area contributed by atoms with Crippen molar-refractivity contribution in [2.24, 2.45) is 0 Å². The molecule has 0 amide bonds. The minimum Gasteiger partial charge on any atom is -0.631 e. The fourth-order valence-corrected chi connectivity index (χ4v) is 0. The monoisotopic (exact) mass is 90.0 g/mol. The summed E-state index contributed by atoms with van der Waals surface area (Å²) in [7, 11) is -1.10. The van der Waals surface area contributed by atoms with Gasteiger partial charge in [-0.1, -0.05) is 0 Å². The van der Waals surface area contributed by atoms with Crippen LogP contribution in [0.3, 0.4) is 0 Å². The van der Waals surface area contributed by atoms with Crippen molar-refractivity contribution in [3.63, 3.8) is 0 Å². The third kappa shape index (κ3) is 4.13. The molecular formula is C3H7OP. The lowest BCUT2D eigenvalue weighted by Crippen LogP contribution is -1.85. The normalized spacial score (nSPS) is 11.2. The van der Waals surface area contributed by atoms with E-state index >= 15 is 0 Å². The molecule has 0 aliphatic rings. The van der Waals surface area contributed by atoms with E-state index < -0.39 is 7.77 Å². The summed E-state index contributed by atoms with van der Waals surface area (Å²) in [5.41, 5.74) is 0. The Balaban J connectivity index is 2.85. The molecule has 0 saturated carbocycles. The van der Waals surface area contributed by atoms with Gasteiger partial charge in [0, 0.05) is 7.77 Å².